The van der Waals surface area contributed by atoms with E-state index < -0.39 is 10.0 Å². The molecule has 2 aromatic carbocycles. The van der Waals surface area contributed by atoms with Crippen molar-refractivity contribution in [3.05, 3.63) is 36.4 Å². The Balaban J connectivity index is 2.44. The Hall–Kier alpha value is -2.03. The zero-order valence-electron chi connectivity index (χ0n) is 12.8. The quantitative estimate of drug-likeness (QED) is 0.658. The van der Waals surface area contributed by atoms with E-state index in [1.54, 1.807) is 12.1 Å². The molecule has 4 nitrogen and oxygen atoms in total. The molecule has 0 heterocycles. The molecule has 116 valence electrons. The Morgan fingerprint density at radius 3 is 2.50 bits per heavy atom. The van der Waals surface area contributed by atoms with E-state index in [4.69, 9.17) is 6.42 Å². The Morgan fingerprint density at radius 1 is 1.14 bits per heavy atom. The van der Waals surface area contributed by atoms with Crippen LogP contribution in [0.2, 0.25) is 0 Å². The van der Waals surface area contributed by atoms with Crippen LogP contribution in [0.3, 0.4) is 0 Å². The van der Waals surface area contributed by atoms with Gasteiger partial charge in [0.2, 0.25) is 10.0 Å². The summed E-state index contributed by atoms with van der Waals surface area (Å²) in [6, 6.07) is 11.0. The largest absolute Gasteiger partial charge is 0.377 e. The number of hydrogen-bond acceptors (Lipinski definition) is 3. The number of terminal acetylenes is 1. The lowest BCUT2D eigenvalue weighted by Gasteiger charge is -2.17. The number of anilines is 1. The number of fused-ring (bicyclic) bond motifs is 1. The van der Waals surface area contributed by atoms with Gasteiger partial charge in [0.15, 0.2) is 0 Å². The van der Waals surface area contributed by atoms with Crippen molar-refractivity contribution in [2.75, 3.05) is 25.5 Å². The van der Waals surface area contributed by atoms with Gasteiger partial charge in [-0.2, -0.15) is 0 Å². The Kier molecular flexibility index (Phi) is 5.07. The van der Waals surface area contributed by atoms with Crippen LogP contribution < -0.4 is 9.62 Å². The third-order valence-electron chi connectivity index (χ3n) is 3.42. The zero-order chi connectivity index (χ0) is 16.2. The first kappa shape index (κ1) is 16.3. The highest BCUT2D eigenvalue weighted by molar-refractivity contribution is 7.89. The van der Waals surface area contributed by atoms with E-state index in [2.05, 4.69) is 10.6 Å². The summed E-state index contributed by atoms with van der Waals surface area (Å²) in [6.45, 7) is 0.344. The maximum Gasteiger partial charge on any atom is 0.241 e. The first-order chi connectivity index (χ1) is 10.5. The van der Waals surface area contributed by atoms with E-state index in [1.807, 2.05) is 43.3 Å². The Labute approximate surface area is 132 Å². The molecule has 0 saturated heterocycles. The van der Waals surface area contributed by atoms with E-state index >= 15 is 0 Å². The highest BCUT2D eigenvalue weighted by atomic mass is 32.2. The molecule has 2 rings (SSSR count). The molecule has 0 atom stereocenters. The van der Waals surface area contributed by atoms with Crippen LogP contribution in [-0.4, -0.2) is 29.1 Å². The lowest BCUT2D eigenvalue weighted by molar-refractivity contribution is 0.580. The first-order valence-corrected chi connectivity index (χ1v) is 8.58. The monoisotopic (exact) mass is 316 g/mol. The van der Waals surface area contributed by atoms with Crippen molar-refractivity contribution in [1.82, 2.24) is 4.72 Å². The molecule has 0 aromatic heterocycles. The van der Waals surface area contributed by atoms with Gasteiger partial charge >= 0.3 is 0 Å². The van der Waals surface area contributed by atoms with Crippen LogP contribution in [0.5, 0.6) is 0 Å². The molecule has 0 radical (unpaired) electrons. The second kappa shape index (κ2) is 6.82. The summed E-state index contributed by atoms with van der Waals surface area (Å²) in [7, 11) is 0.330. The predicted octanol–water partition coefficient (Wildman–Crippen LogP) is 2.60. The molecule has 5 heteroatoms. The molecule has 0 aliphatic rings. The molecule has 0 amide bonds. The van der Waals surface area contributed by atoms with Crippen molar-refractivity contribution in [2.45, 2.75) is 17.7 Å². The molecular weight excluding hydrogens is 296 g/mol. The lowest BCUT2D eigenvalue weighted by Crippen LogP contribution is -2.25. The van der Waals surface area contributed by atoms with Crippen LogP contribution in [0.15, 0.2) is 41.3 Å². The minimum absolute atomic E-state index is 0.300. The fourth-order valence-electron chi connectivity index (χ4n) is 2.36. The van der Waals surface area contributed by atoms with Gasteiger partial charge in [-0.15, -0.1) is 12.3 Å². The summed E-state index contributed by atoms with van der Waals surface area (Å²) < 4.78 is 27.6. The summed E-state index contributed by atoms with van der Waals surface area (Å²) in [5.74, 6) is 2.50. The summed E-state index contributed by atoms with van der Waals surface area (Å²) in [4.78, 5) is 2.27. The highest BCUT2D eigenvalue weighted by Gasteiger charge is 2.17. The van der Waals surface area contributed by atoms with Gasteiger partial charge in [0.1, 0.15) is 0 Å². The second-order valence-electron chi connectivity index (χ2n) is 5.23. The van der Waals surface area contributed by atoms with E-state index in [9.17, 15) is 8.42 Å². The van der Waals surface area contributed by atoms with Gasteiger partial charge in [0, 0.05) is 43.5 Å². The van der Waals surface area contributed by atoms with Gasteiger partial charge in [0.25, 0.3) is 0 Å². The highest BCUT2D eigenvalue weighted by Crippen LogP contribution is 2.29. The smallest absolute Gasteiger partial charge is 0.241 e. The number of benzene rings is 2. The predicted molar refractivity (Wildman–Crippen MR) is 91.5 cm³/mol. The molecule has 0 fully saturated rings. The third kappa shape index (κ3) is 3.41. The van der Waals surface area contributed by atoms with Crippen LogP contribution in [0.4, 0.5) is 5.69 Å². The summed E-state index contributed by atoms with van der Waals surface area (Å²) >= 11 is 0. The van der Waals surface area contributed by atoms with Gasteiger partial charge in [-0.1, -0.05) is 24.3 Å². The molecule has 0 spiro atoms. The number of nitrogens with one attached hydrogen (secondary N) is 1. The molecule has 0 saturated carbocycles. The third-order valence-corrected chi connectivity index (χ3v) is 4.94. The molecule has 22 heavy (non-hydrogen) atoms. The average Bonchev–Trinajstić information content (AvgIpc) is 2.50. The molecule has 0 aliphatic carbocycles. The number of unbranched alkanes of at least 4 members (excludes halogenated alkanes) is 1. The van der Waals surface area contributed by atoms with Crippen LogP contribution >= 0.6 is 0 Å². The second-order valence-corrected chi connectivity index (χ2v) is 6.96. The van der Waals surface area contributed by atoms with Crippen molar-refractivity contribution in [1.29, 1.82) is 0 Å². The van der Waals surface area contributed by atoms with Gasteiger partial charge < -0.3 is 4.90 Å². The number of hydrogen-bond donors (Lipinski definition) is 1. The molecular formula is C17H20N2O2S. The average molecular weight is 316 g/mol. The van der Waals surface area contributed by atoms with Crippen LogP contribution in [-0.2, 0) is 10.0 Å². The van der Waals surface area contributed by atoms with Gasteiger partial charge in [-0.3, -0.25) is 0 Å². The standard InChI is InChI=1S/C17H20N2O2S/c1-4-5-6-13-18-22(20,21)17-12-8-9-14-15(17)10-7-11-16(14)19(2)3/h1,7-12,18H,5-6,13H2,2-3H3. The SMILES string of the molecule is C#CCCCNS(=O)(=O)c1cccc2c(N(C)C)cccc12. The summed E-state index contributed by atoms with van der Waals surface area (Å²) in [5.41, 5.74) is 0.988. The molecule has 1 N–H and O–H groups in total. The number of sulfonamides is 1. The maximum atomic E-state index is 12.5. The molecule has 0 aliphatic heterocycles. The van der Waals surface area contributed by atoms with Crippen molar-refractivity contribution in [2.24, 2.45) is 0 Å². The van der Waals surface area contributed by atoms with Crippen LogP contribution in [0.25, 0.3) is 10.8 Å². The lowest BCUT2D eigenvalue weighted by atomic mass is 10.1. The maximum absolute atomic E-state index is 12.5. The fraction of sp³-hybridized carbons (Fsp3) is 0.294. The number of nitrogens with zero attached hydrogens (tertiary/aromatic N) is 1. The number of rotatable bonds is 6. The molecule has 2 aromatic rings. The van der Waals surface area contributed by atoms with E-state index in [1.165, 1.54) is 0 Å². The van der Waals surface area contributed by atoms with Crippen molar-refractivity contribution < 1.29 is 8.42 Å². The summed E-state index contributed by atoms with van der Waals surface area (Å²) in [6.07, 6.45) is 6.36. The Bertz CT molecular complexity index is 805. The van der Waals surface area contributed by atoms with E-state index in [0.29, 0.717) is 24.3 Å². The summed E-state index contributed by atoms with van der Waals surface area (Å²) in [5, 5.41) is 1.64. The first-order valence-electron chi connectivity index (χ1n) is 7.09. The van der Waals surface area contributed by atoms with Crippen LogP contribution in [0.1, 0.15) is 12.8 Å². The minimum Gasteiger partial charge on any atom is -0.377 e. The molecule has 0 bridgehead atoms. The zero-order valence-corrected chi connectivity index (χ0v) is 13.7. The van der Waals surface area contributed by atoms with E-state index in [-0.39, 0.29) is 0 Å². The van der Waals surface area contributed by atoms with Crippen molar-refractivity contribution in [3.8, 4) is 12.3 Å². The van der Waals surface area contributed by atoms with Crippen LogP contribution in [0, 0.1) is 12.3 Å². The van der Waals surface area contributed by atoms with Crippen molar-refractivity contribution in [3.63, 3.8) is 0 Å². The minimum atomic E-state index is -3.55. The van der Waals surface area contributed by atoms with Crippen molar-refractivity contribution >= 4 is 26.5 Å². The van der Waals surface area contributed by atoms with Gasteiger partial charge in [-0.25, -0.2) is 13.1 Å². The fourth-order valence-corrected chi connectivity index (χ4v) is 3.66. The Morgan fingerprint density at radius 2 is 1.82 bits per heavy atom. The van der Waals surface area contributed by atoms with Gasteiger partial charge in [0.05, 0.1) is 4.90 Å². The molecule has 0 unspecified atom stereocenters. The normalized spacial score (nSPS) is 11.3. The van der Waals surface area contributed by atoms with E-state index in [0.717, 1.165) is 16.5 Å². The topological polar surface area (TPSA) is 49.4 Å². The van der Waals surface area contributed by atoms with Gasteiger partial charge in [-0.05, 0) is 18.6 Å².